The van der Waals surface area contributed by atoms with Gasteiger partial charge < -0.3 is 14.8 Å². The number of rotatable bonds is 6. The number of carbonyl (C=O) groups excluding carboxylic acids is 1. The lowest BCUT2D eigenvalue weighted by atomic mass is 10.2. The molecule has 1 unspecified atom stereocenters. The quantitative estimate of drug-likeness (QED) is 0.859. The summed E-state index contributed by atoms with van der Waals surface area (Å²) in [6.07, 6.45) is 4.21. The molecule has 0 bridgehead atoms. The van der Waals surface area contributed by atoms with E-state index in [1.807, 2.05) is 0 Å². The van der Waals surface area contributed by atoms with Gasteiger partial charge in [-0.3, -0.25) is 4.79 Å². The van der Waals surface area contributed by atoms with Crippen LogP contribution in [0.1, 0.15) is 23.8 Å². The van der Waals surface area contributed by atoms with Crippen LogP contribution < -0.4 is 5.32 Å². The third-order valence-electron chi connectivity index (χ3n) is 2.85. The normalized spacial score (nSPS) is 12.5. The topological polar surface area (TPSA) is 62.5 Å². The van der Waals surface area contributed by atoms with Gasteiger partial charge in [-0.25, -0.2) is 4.39 Å². The molecule has 1 aromatic carbocycles. The predicted octanol–water partition coefficient (Wildman–Crippen LogP) is 2.67. The number of nitrogens with one attached hydrogen (secondary N) is 1. The Bertz CT molecular complexity index is 590. The first-order chi connectivity index (χ1) is 10.1. The van der Waals surface area contributed by atoms with E-state index in [-0.39, 0.29) is 24.7 Å². The molecule has 1 amide bonds. The van der Waals surface area contributed by atoms with Gasteiger partial charge in [0.05, 0.1) is 12.8 Å². The van der Waals surface area contributed by atoms with Gasteiger partial charge in [0.2, 0.25) is 5.91 Å². The van der Waals surface area contributed by atoms with E-state index in [4.69, 9.17) is 4.42 Å². The average molecular weight is 289 g/mol. The Morgan fingerprint density at radius 2 is 2.10 bits per heavy atom. The van der Waals surface area contributed by atoms with Crippen LogP contribution in [0.3, 0.4) is 0 Å². The zero-order chi connectivity index (χ0) is 15.1. The third-order valence-corrected chi connectivity index (χ3v) is 2.85. The van der Waals surface area contributed by atoms with E-state index < -0.39 is 6.10 Å². The Morgan fingerprint density at radius 3 is 2.76 bits per heavy atom. The maximum atomic E-state index is 12.7. The molecule has 0 aliphatic rings. The Balaban J connectivity index is 1.73. The summed E-state index contributed by atoms with van der Waals surface area (Å²) >= 11 is 0. The fourth-order valence-corrected chi connectivity index (χ4v) is 1.74. The predicted molar refractivity (Wildman–Crippen MR) is 76.7 cm³/mol. The van der Waals surface area contributed by atoms with E-state index in [9.17, 15) is 14.3 Å². The third kappa shape index (κ3) is 4.89. The highest BCUT2D eigenvalue weighted by Gasteiger charge is 2.10. The van der Waals surface area contributed by atoms with Gasteiger partial charge in [-0.05, 0) is 29.8 Å². The number of furan rings is 1. The monoisotopic (exact) mass is 289 g/mol. The number of benzene rings is 1. The number of hydrogen-bond donors (Lipinski definition) is 2. The summed E-state index contributed by atoms with van der Waals surface area (Å²) in [5.41, 5.74) is 0.819. The van der Waals surface area contributed by atoms with Crippen molar-refractivity contribution in [2.45, 2.75) is 12.5 Å². The minimum absolute atomic E-state index is 0.0940. The summed E-state index contributed by atoms with van der Waals surface area (Å²) in [5, 5.41) is 12.3. The summed E-state index contributed by atoms with van der Waals surface area (Å²) in [7, 11) is 0. The maximum absolute atomic E-state index is 12.7. The molecule has 1 atom stereocenters. The van der Waals surface area contributed by atoms with Crippen LogP contribution in [0.5, 0.6) is 0 Å². The van der Waals surface area contributed by atoms with Crippen LogP contribution in [-0.4, -0.2) is 17.6 Å². The van der Waals surface area contributed by atoms with Crippen LogP contribution in [0, 0.1) is 5.82 Å². The number of amides is 1. The SMILES string of the molecule is O=C(C/C=C/c1ccc(F)cc1)NCC(O)c1ccco1. The van der Waals surface area contributed by atoms with Gasteiger partial charge in [-0.2, -0.15) is 0 Å². The zero-order valence-corrected chi connectivity index (χ0v) is 11.3. The Morgan fingerprint density at radius 1 is 1.33 bits per heavy atom. The van der Waals surface area contributed by atoms with Gasteiger partial charge in [0.25, 0.3) is 0 Å². The molecule has 5 heteroatoms. The Labute approximate surface area is 121 Å². The molecule has 0 fully saturated rings. The summed E-state index contributed by atoms with van der Waals surface area (Å²) in [6, 6.07) is 9.30. The van der Waals surface area contributed by atoms with Crippen molar-refractivity contribution in [3.63, 3.8) is 0 Å². The van der Waals surface area contributed by atoms with Gasteiger partial charge in [0.15, 0.2) is 0 Å². The molecule has 2 N–H and O–H groups in total. The second-order valence-corrected chi connectivity index (χ2v) is 4.49. The molecule has 2 aromatic rings. The molecule has 0 aliphatic heterocycles. The second kappa shape index (κ2) is 7.40. The van der Waals surface area contributed by atoms with Crippen LogP contribution >= 0.6 is 0 Å². The van der Waals surface area contributed by atoms with E-state index in [1.54, 1.807) is 36.4 Å². The number of halogens is 1. The molecule has 0 radical (unpaired) electrons. The lowest BCUT2D eigenvalue weighted by Crippen LogP contribution is -2.27. The first-order valence-electron chi connectivity index (χ1n) is 6.55. The Kier molecular flexibility index (Phi) is 5.29. The van der Waals surface area contributed by atoms with Crippen molar-refractivity contribution in [3.8, 4) is 0 Å². The molecule has 0 saturated carbocycles. The molecule has 1 aromatic heterocycles. The van der Waals surface area contributed by atoms with Crippen molar-refractivity contribution in [1.82, 2.24) is 5.32 Å². The summed E-state index contributed by atoms with van der Waals surface area (Å²) < 4.78 is 17.7. The van der Waals surface area contributed by atoms with Crippen LogP contribution in [0.15, 0.2) is 53.2 Å². The van der Waals surface area contributed by atoms with Crippen molar-refractivity contribution in [3.05, 3.63) is 65.9 Å². The average Bonchev–Trinajstić information content (AvgIpc) is 3.01. The summed E-state index contributed by atoms with van der Waals surface area (Å²) in [4.78, 5) is 11.6. The van der Waals surface area contributed by atoms with Crippen molar-refractivity contribution in [2.75, 3.05) is 6.54 Å². The lowest BCUT2D eigenvalue weighted by Gasteiger charge is -2.08. The van der Waals surface area contributed by atoms with Crippen LogP contribution in [0.25, 0.3) is 6.08 Å². The molecule has 0 aliphatic carbocycles. The molecular weight excluding hydrogens is 273 g/mol. The highest BCUT2D eigenvalue weighted by molar-refractivity contribution is 5.78. The van der Waals surface area contributed by atoms with Crippen molar-refractivity contribution in [1.29, 1.82) is 0 Å². The number of carbonyl (C=O) groups is 1. The van der Waals surface area contributed by atoms with Crippen molar-refractivity contribution in [2.24, 2.45) is 0 Å². The van der Waals surface area contributed by atoms with E-state index in [2.05, 4.69) is 5.32 Å². The van der Waals surface area contributed by atoms with Gasteiger partial charge in [-0.15, -0.1) is 0 Å². The number of aliphatic hydroxyl groups is 1. The molecule has 1 heterocycles. The lowest BCUT2D eigenvalue weighted by molar-refractivity contribution is -0.120. The van der Waals surface area contributed by atoms with Crippen molar-refractivity contribution >= 4 is 12.0 Å². The fraction of sp³-hybridized carbons (Fsp3) is 0.188. The zero-order valence-electron chi connectivity index (χ0n) is 11.3. The standard InChI is InChI=1S/C16H16FNO3/c17-13-8-6-12(7-9-13)3-1-5-16(20)18-11-14(19)15-4-2-10-21-15/h1-4,6-10,14,19H,5,11H2,(H,18,20)/b3-1+. The molecule has 4 nitrogen and oxygen atoms in total. The molecular formula is C16H16FNO3. The second-order valence-electron chi connectivity index (χ2n) is 4.49. The molecule has 21 heavy (non-hydrogen) atoms. The van der Waals surface area contributed by atoms with Crippen LogP contribution in [0.4, 0.5) is 4.39 Å². The van der Waals surface area contributed by atoms with Gasteiger partial charge in [-0.1, -0.05) is 24.3 Å². The van der Waals surface area contributed by atoms with E-state index >= 15 is 0 Å². The van der Waals surface area contributed by atoms with E-state index in [0.717, 1.165) is 5.56 Å². The number of aliphatic hydroxyl groups excluding tert-OH is 1. The van der Waals surface area contributed by atoms with Gasteiger partial charge in [0, 0.05) is 6.42 Å². The fourth-order valence-electron chi connectivity index (χ4n) is 1.74. The van der Waals surface area contributed by atoms with E-state index in [1.165, 1.54) is 18.4 Å². The van der Waals surface area contributed by atoms with Gasteiger partial charge in [0.1, 0.15) is 17.7 Å². The van der Waals surface area contributed by atoms with Crippen LogP contribution in [0.2, 0.25) is 0 Å². The molecule has 2 rings (SSSR count). The van der Waals surface area contributed by atoms with Crippen LogP contribution in [-0.2, 0) is 4.79 Å². The first kappa shape index (κ1) is 15.0. The Hall–Kier alpha value is -2.40. The van der Waals surface area contributed by atoms with Gasteiger partial charge >= 0.3 is 0 Å². The largest absolute Gasteiger partial charge is 0.467 e. The number of hydrogen-bond acceptors (Lipinski definition) is 3. The summed E-state index contributed by atoms with van der Waals surface area (Å²) in [5.74, 6) is -0.0899. The summed E-state index contributed by atoms with van der Waals surface area (Å²) in [6.45, 7) is 0.0940. The van der Waals surface area contributed by atoms with E-state index in [0.29, 0.717) is 5.76 Å². The van der Waals surface area contributed by atoms with Crippen molar-refractivity contribution < 1.29 is 18.7 Å². The highest BCUT2D eigenvalue weighted by Crippen LogP contribution is 2.11. The minimum Gasteiger partial charge on any atom is -0.467 e. The smallest absolute Gasteiger partial charge is 0.223 e. The first-order valence-corrected chi connectivity index (χ1v) is 6.55. The highest BCUT2D eigenvalue weighted by atomic mass is 19.1. The molecule has 0 saturated heterocycles. The minimum atomic E-state index is -0.856. The molecule has 0 spiro atoms. The maximum Gasteiger partial charge on any atom is 0.223 e. The molecule has 110 valence electrons.